The zero-order chi connectivity index (χ0) is 16.4. The Balaban J connectivity index is 1.92. The molecule has 2 heterocycles. The van der Waals surface area contributed by atoms with Crippen molar-refractivity contribution in [1.82, 2.24) is 14.8 Å². The molecule has 0 spiro atoms. The Labute approximate surface area is 134 Å². The highest BCUT2D eigenvalue weighted by atomic mass is 16.5. The molecule has 0 aromatic carbocycles. The molecule has 2 aromatic rings. The van der Waals surface area contributed by atoms with Crippen molar-refractivity contribution in [3.63, 3.8) is 0 Å². The number of aliphatic hydroxyl groups is 1. The van der Waals surface area contributed by atoms with E-state index in [2.05, 4.69) is 21.5 Å². The van der Waals surface area contributed by atoms with Crippen molar-refractivity contribution in [3.8, 4) is 11.9 Å². The van der Waals surface area contributed by atoms with Crippen LogP contribution in [0.3, 0.4) is 0 Å². The molecule has 0 radical (unpaired) electrons. The summed E-state index contributed by atoms with van der Waals surface area (Å²) in [5.41, 5.74) is 2.09. The minimum absolute atomic E-state index is 0.0219. The van der Waals surface area contributed by atoms with Gasteiger partial charge in [-0.05, 0) is 24.8 Å². The average molecular weight is 313 g/mol. The van der Waals surface area contributed by atoms with Gasteiger partial charge in [0.1, 0.15) is 11.6 Å². The van der Waals surface area contributed by atoms with Crippen molar-refractivity contribution in [2.75, 3.05) is 12.4 Å². The molecular weight excluding hydrogens is 294 g/mol. The standard InChI is InChI=1S/C16H19N5O2/c1-21-9-11(8-19-21)15(10-5-12(22)6-10)20-14-3-4-18-16(23-2)13(14)7-17/h3-4,8-10,12,15,22H,5-6H2,1-2H3,(H,18,20)/t10?,12?,15-/m0/s1. The largest absolute Gasteiger partial charge is 0.480 e. The minimum atomic E-state index is -0.247. The van der Waals surface area contributed by atoms with Crippen LogP contribution in [0, 0.1) is 17.2 Å². The Morgan fingerprint density at radius 1 is 1.52 bits per heavy atom. The second-order valence-corrected chi connectivity index (χ2v) is 5.81. The molecule has 3 rings (SSSR count). The normalized spacial score (nSPS) is 21.1. The summed E-state index contributed by atoms with van der Waals surface area (Å²) in [5.74, 6) is 0.594. The number of hydrogen-bond donors (Lipinski definition) is 2. The van der Waals surface area contributed by atoms with E-state index in [1.54, 1.807) is 16.9 Å². The lowest BCUT2D eigenvalue weighted by Gasteiger charge is -2.38. The van der Waals surface area contributed by atoms with E-state index in [9.17, 15) is 10.4 Å². The second-order valence-electron chi connectivity index (χ2n) is 5.81. The maximum Gasteiger partial charge on any atom is 0.233 e. The fourth-order valence-electron chi connectivity index (χ4n) is 2.97. The fourth-order valence-corrected chi connectivity index (χ4v) is 2.97. The molecule has 2 aromatic heterocycles. The van der Waals surface area contributed by atoms with Crippen LogP contribution in [0.2, 0.25) is 0 Å². The summed E-state index contributed by atoms with van der Waals surface area (Å²) < 4.78 is 6.90. The van der Waals surface area contributed by atoms with Crippen molar-refractivity contribution in [3.05, 3.63) is 35.8 Å². The highest BCUT2D eigenvalue weighted by Crippen LogP contribution is 2.40. The van der Waals surface area contributed by atoms with Gasteiger partial charge in [-0.25, -0.2) is 4.98 Å². The molecule has 0 saturated heterocycles. The molecule has 1 aliphatic rings. The predicted molar refractivity (Wildman–Crippen MR) is 83.8 cm³/mol. The molecule has 1 saturated carbocycles. The van der Waals surface area contributed by atoms with E-state index < -0.39 is 0 Å². The number of pyridine rings is 1. The molecule has 0 aliphatic heterocycles. The minimum Gasteiger partial charge on any atom is -0.480 e. The number of ether oxygens (including phenoxy) is 1. The molecule has 120 valence electrons. The topological polar surface area (TPSA) is 96.0 Å². The number of aliphatic hydroxyl groups excluding tert-OH is 1. The second kappa shape index (κ2) is 6.26. The van der Waals surface area contributed by atoms with Crippen LogP contribution in [0.4, 0.5) is 5.69 Å². The number of hydrogen-bond acceptors (Lipinski definition) is 6. The van der Waals surface area contributed by atoms with Crippen LogP contribution in [0.25, 0.3) is 0 Å². The molecule has 7 heteroatoms. The molecule has 0 unspecified atom stereocenters. The zero-order valence-corrected chi connectivity index (χ0v) is 13.1. The van der Waals surface area contributed by atoms with E-state index in [1.807, 2.05) is 19.4 Å². The smallest absolute Gasteiger partial charge is 0.233 e. The summed E-state index contributed by atoms with van der Waals surface area (Å²) in [6.07, 6.45) is 6.59. The van der Waals surface area contributed by atoms with Gasteiger partial charge in [0, 0.05) is 25.0 Å². The van der Waals surface area contributed by atoms with Crippen molar-refractivity contribution in [2.24, 2.45) is 13.0 Å². The third kappa shape index (κ3) is 2.98. The molecule has 1 fully saturated rings. The quantitative estimate of drug-likeness (QED) is 0.871. The van der Waals surface area contributed by atoms with E-state index in [0.29, 0.717) is 23.0 Å². The van der Waals surface area contributed by atoms with Gasteiger partial charge in [0.2, 0.25) is 5.88 Å². The first-order chi connectivity index (χ1) is 11.1. The molecule has 1 aliphatic carbocycles. The maximum absolute atomic E-state index is 9.64. The van der Waals surface area contributed by atoms with E-state index in [4.69, 9.17) is 4.74 Å². The van der Waals surface area contributed by atoms with E-state index >= 15 is 0 Å². The van der Waals surface area contributed by atoms with Crippen LogP contribution in [0.1, 0.15) is 30.0 Å². The Morgan fingerprint density at radius 2 is 2.30 bits per heavy atom. The van der Waals surface area contributed by atoms with Gasteiger partial charge in [0.25, 0.3) is 0 Å². The molecule has 0 bridgehead atoms. The van der Waals surface area contributed by atoms with E-state index in [1.165, 1.54) is 7.11 Å². The van der Waals surface area contributed by atoms with Gasteiger partial charge in [-0.15, -0.1) is 0 Å². The average Bonchev–Trinajstić information content (AvgIpc) is 2.95. The highest BCUT2D eigenvalue weighted by molar-refractivity contribution is 5.62. The first-order valence-corrected chi connectivity index (χ1v) is 7.48. The Kier molecular flexibility index (Phi) is 4.17. The van der Waals surface area contributed by atoms with Crippen molar-refractivity contribution >= 4 is 5.69 Å². The van der Waals surface area contributed by atoms with Crippen LogP contribution >= 0.6 is 0 Å². The van der Waals surface area contributed by atoms with Crippen LogP contribution in [-0.2, 0) is 7.05 Å². The highest BCUT2D eigenvalue weighted by Gasteiger charge is 2.35. The number of methoxy groups -OCH3 is 1. The summed E-state index contributed by atoms with van der Waals surface area (Å²) in [7, 11) is 3.36. The van der Waals surface area contributed by atoms with Crippen LogP contribution < -0.4 is 10.1 Å². The summed E-state index contributed by atoms with van der Waals surface area (Å²) in [5, 5.41) is 26.7. The fraction of sp³-hybridized carbons (Fsp3) is 0.438. The SMILES string of the molecule is COc1nccc(N[C@H](c2cnn(C)c2)C2CC(O)C2)c1C#N. The van der Waals surface area contributed by atoms with Gasteiger partial charge in [0.15, 0.2) is 0 Å². The lowest BCUT2D eigenvalue weighted by Crippen LogP contribution is -2.36. The lowest BCUT2D eigenvalue weighted by atomic mass is 9.75. The molecule has 2 N–H and O–H groups in total. The Hall–Kier alpha value is -2.59. The predicted octanol–water partition coefficient (Wildman–Crippen LogP) is 1.62. The van der Waals surface area contributed by atoms with E-state index in [0.717, 1.165) is 18.4 Å². The van der Waals surface area contributed by atoms with E-state index in [-0.39, 0.29) is 12.1 Å². The molecule has 7 nitrogen and oxygen atoms in total. The summed E-state index contributed by atoms with van der Waals surface area (Å²) in [6, 6.07) is 3.88. The van der Waals surface area contributed by atoms with Crippen LogP contribution in [0.15, 0.2) is 24.7 Å². The summed E-state index contributed by atoms with van der Waals surface area (Å²) >= 11 is 0. The zero-order valence-electron chi connectivity index (χ0n) is 13.1. The van der Waals surface area contributed by atoms with Crippen LogP contribution in [-0.4, -0.2) is 33.1 Å². The van der Waals surface area contributed by atoms with Gasteiger partial charge in [0.05, 0.1) is 31.1 Å². The third-order valence-electron chi connectivity index (χ3n) is 4.24. The van der Waals surface area contributed by atoms with Gasteiger partial charge >= 0.3 is 0 Å². The number of nitriles is 1. The number of nitrogens with one attached hydrogen (secondary N) is 1. The van der Waals surface area contributed by atoms with Crippen molar-refractivity contribution in [1.29, 1.82) is 5.26 Å². The molecule has 1 atom stereocenters. The Bertz CT molecular complexity index is 730. The van der Waals surface area contributed by atoms with Crippen molar-refractivity contribution in [2.45, 2.75) is 25.0 Å². The molecule has 0 amide bonds. The Morgan fingerprint density at radius 3 is 2.87 bits per heavy atom. The third-order valence-corrected chi connectivity index (χ3v) is 4.24. The number of aromatic nitrogens is 3. The van der Waals surface area contributed by atoms with Gasteiger partial charge < -0.3 is 15.2 Å². The lowest BCUT2D eigenvalue weighted by molar-refractivity contribution is 0.0340. The number of rotatable bonds is 5. The van der Waals surface area contributed by atoms with Gasteiger partial charge in [-0.3, -0.25) is 4.68 Å². The van der Waals surface area contributed by atoms with Crippen LogP contribution in [0.5, 0.6) is 5.88 Å². The summed E-state index contributed by atoms with van der Waals surface area (Å²) in [6.45, 7) is 0. The molecular formula is C16H19N5O2. The number of anilines is 1. The van der Waals surface area contributed by atoms with Gasteiger partial charge in [-0.2, -0.15) is 10.4 Å². The monoisotopic (exact) mass is 313 g/mol. The van der Waals surface area contributed by atoms with Crippen molar-refractivity contribution < 1.29 is 9.84 Å². The number of aryl methyl sites for hydroxylation is 1. The number of nitrogens with zero attached hydrogens (tertiary/aromatic N) is 4. The molecule has 23 heavy (non-hydrogen) atoms. The summed E-state index contributed by atoms with van der Waals surface area (Å²) in [4.78, 5) is 4.06. The first-order valence-electron chi connectivity index (χ1n) is 7.48. The maximum atomic E-state index is 9.64. The first kappa shape index (κ1) is 15.3. The van der Waals surface area contributed by atoms with Gasteiger partial charge in [-0.1, -0.05) is 0 Å².